The van der Waals surface area contributed by atoms with Crippen LogP contribution in [0.2, 0.25) is 0 Å². The Morgan fingerprint density at radius 3 is 2.40 bits per heavy atom. The van der Waals surface area contributed by atoms with Crippen LogP contribution in [0.4, 0.5) is 0 Å². The van der Waals surface area contributed by atoms with Crippen LogP contribution < -0.4 is 0 Å². The molecule has 0 atom stereocenters. The third-order valence-electron chi connectivity index (χ3n) is 1.36. The fourth-order valence-corrected chi connectivity index (χ4v) is 0.668. The second kappa shape index (κ2) is 5.03. The van der Waals surface area contributed by atoms with Crippen molar-refractivity contribution in [3.8, 4) is 0 Å². The van der Waals surface area contributed by atoms with Crippen molar-refractivity contribution in [1.82, 2.24) is 0 Å². The Balaban J connectivity index is 3.62. The first-order valence-electron chi connectivity index (χ1n) is 3.57. The standard InChI is InChI=1S/C8H14O2/c1-4-7(5-2)10-8(9)6-3/h6-7H,3-5H2,1-2H3. The van der Waals surface area contributed by atoms with Crippen LogP contribution >= 0.6 is 0 Å². The third-order valence-corrected chi connectivity index (χ3v) is 1.36. The van der Waals surface area contributed by atoms with Crippen LogP contribution in [0.1, 0.15) is 26.7 Å². The van der Waals surface area contributed by atoms with Crippen molar-refractivity contribution in [2.45, 2.75) is 32.8 Å². The lowest BCUT2D eigenvalue weighted by molar-refractivity contribution is -0.143. The summed E-state index contributed by atoms with van der Waals surface area (Å²) >= 11 is 0. The Morgan fingerprint density at radius 2 is 2.10 bits per heavy atom. The summed E-state index contributed by atoms with van der Waals surface area (Å²) in [6, 6.07) is 0. The number of hydrogen-bond acceptors (Lipinski definition) is 2. The molecule has 2 heteroatoms. The molecular formula is C8H14O2. The van der Waals surface area contributed by atoms with E-state index in [-0.39, 0.29) is 12.1 Å². The molecule has 0 aliphatic heterocycles. The van der Waals surface area contributed by atoms with Gasteiger partial charge in [0, 0.05) is 6.08 Å². The zero-order chi connectivity index (χ0) is 7.98. The summed E-state index contributed by atoms with van der Waals surface area (Å²) in [4.78, 5) is 10.6. The fourth-order valence-electron chi connectivity index (χ4n) is 0.668. The van der Waals surface area contributed by atoms with Crippen molar-refractivity contribution in [3.63, 3.8) is 0 Å². The highest BCUT2D eigenvalue weighted by Crippen LogP contribution is 2.02. The number of carbonyl (C=O) groups is 1. The summed E-state index contributed by atoms with van der Waals surface area (Å²) in [5, 5.41) is 0. The molecule has 0 aromatic heterocycles. The van der Waals surface area contributed by atoms with Crippen LogP contribution in [0, 0.1) is 0 Å². The van der Waals surface area contributed by atoms with Gasteiger partial charge in [-0.1, -0.05) is 20.4 Å². The summed E-state index contributed by atoms with van der Waals surface area (Å²) in [5.41, 5.74) is 0. The van der Waals surface area contributed by atoms with Crippen LogP contribution in [0.5, 0.6) is 0 Å². The summed E-state index contributed by atoms with van der Waals surface area (Å²) in [6.45, 7) is 7.29. The second-order valence-electron chi connectivity index (χ2n) is 2.08. The molecular weight excluding hydrogens is 128 g/mol. The van der Waals surface area contributed by atoms with Gasteiger partial charge in [-0.2, -0.15) is 0 Å². The van der Waals surface area contributed by atoms with E-state index in [1.54, 1.807) is 0 Å². The highest BCUT2D eigenvalue weighted by atomic mass is 16.5. The predicted octanol–water partition coefficient (Wildman–Crippen LogP) is 1.90. The minimum absolute atomic E-state index is 0.0606. The van der Waals surface area contributed by atoms with Crippen LogP contribution in [0.15, 0.2) is 12.7 Å². The fraction of sp³-hybridized carbons (Fsp3) is 0.625. The lowest BCUT2D eigenvalue weighted by Gasteiger charge is -2.11. The molecule has 58 valence electrons. The van der Waals surface area contributed by atoms with Gasteiger partial charge >= 0.3 is 5.97 Å². The normalized spacial score (nSPS) is 9.50. The Kier molecular flexibility index (Phi) is 4.63. The molecule has 2 nitrogen and oxygen atoms in total. The van der Waals surface area contributed by atoms with Gasteiger partial charge in [0.25, 0.3) is 0 Å². The Labute approximate surface area is 61.9 Å². The number of rotatable bonds is 4. The van der Waals surface area contributed by atoms with E-state index in [4.69, 9.17) is 4.74 Å². The lowest BCUT2D eigenvalue weighted by atomic mass is 10.2. The van der Waals surface area contributed by atoms with Crippen LogP contribution in [0.3, 0.4) is 0 Å². The van der Waals surface area contributed by atoms with Gasteiger partial charge in [-0.15, -0.1) is 0 Å². The number of hydrogen-bond donors (Lipinski definition) is 0. The predicted molar refractivity (Wildman–Crippen MR) is 40.7 cm³/mol. The molecule has 0 aromatic rings. The number of esters is 1. The Bertz CT molecular complexity index is 114. The molecule has 0 fully saturated rings. The van der Waals surface area contributed by atoms with Gasteiger partial charge < -0.3 is 4.74 Å². The van der Waals surface area contributed by atoms with Gasteiger partial charge in [-0.25, -0.2) is 4.79 Å². The molecule has 10 heavy (non-hydrogen) atoms. The summed E-state index contributed by atoms with van der Waals surface area (Å²) in [6.07, 6.45) is 3.00. The lowest BCUT2D eigenvalue weighted by Crippen LogP contribution is -2.14. The molecule has 0 aliphatic rings. The highest BCUT2D eigenvalue weighted by molar-refractivity contribution is 5.81. The largest absolute Gasteiger partial charge is 0.459 e. The van der Waals surface area contributed by atoms with Crippen molar-refractivity contribution < 1.29 is 9.53 Å². The Morgan fingerprint density at radius 1 is 1.60 bits per heavy atom. The molecule has 0 aromatic carbocycles. The van der Waals surface area contributed by atoms with E-state index in [1.165, 1.54) is 6.08 Å². The van der Waals surface area contributed by atoms with E-state index in [0.29, 0.717) is 0 Å². The molecule has 0 heterocycles. The van der Waals surface area contributed by atoms with E-state index in [2.05, 4.69) is 6.58 Å². The first kappa shape index (κ1) is 9.21. The van der Waals surface area contributed by atoms with E-state index in [1.807, 2.05) is 13.8 Å². The first-order valence-corrected chi connectivity index (χ1v) is 3.57. The first-order chi connectivity index (χ1) is 4.74. The maximum absolute atomic E-state index is 10.6. The molecule has 0 amide bonds. The van der Waals surface area contributed by atoms with Crippen molar-refractivity contribution in [3.05, 3.63) is 12.7 Å². The van der Waals surface area contributed by atoms with Crippen molar-refractivity contribution >= 4 is 5.97 Å². The molecule has 0 N–H and O–H groups in total. The molecule has 0 saturated heterocycles. The molecule has 0 unspecified atom stereocenters. The zero-order valence-corrected chi connectivity index (χ0v) is 6.59. The molecule has 0 radical (unpaired) electrons. The number of ether oxygens (including phenoxy) is 1. The molecule has 0 aliphatic carbocycles. The Hall–Kier alpha value is -0.790. The van der Waals surface area contributed by atoms with Crippen molar-refractivity contribution in [2.75, 3.05) is 0 Å². The van der Waals surface area contributed by atoms with Gasteiger partial charge in [0.2, 0.25) is 0 Å². The van der Waals surface area contributed by atoms with Crippen molar-refractivity contribution in [2.24, 2.45) is 0 Å². The van der Waals surface area contributed by atoms with E-state index < -0.39 is 0 Å². The highest BCUT2D eigenvalue weighted by Gasteiger charge is 2.05. The second-order valence-corrected chi connectivity index (χ2v) is 2.08. The average Bonchev–Trinajstić information content (AvgIpc) is 1.99. The maximum Gasteiger partial charge on any atom is 0.330 e. The van der Waals surface area contributed by atoms with Gasteiger partial charge in [0.15, 0.2) is 0 Å². The van der Waals surface area contributed by atoms with E-state index in [0.717, 1.165) is 12.8 Å². The third kappa shape index (κ3) is 3.28. The van der Waals surface area contributed by atoms with Crippen molar-refractivity contribution in [1.29, 1.82) is 0 Å². The minimum Gasteiger partial charge on any atom is -0.459 e. The molecule has 0 spiro atoms. The average molecular weight is 142 g/mol. The van der Waals surface area contributed by atoms with Crippen LogP contribution in [0.25, 0.3) is 0 Å². The summed E-state index contributed by atoms with van der Waals surface area (Å²) in [7, 11) is 0. The topological polar surface area (TPSA) is 26.3 Å². The summed E-state index contributed by atoms with van der Waals surface area (Å²) in [5.74, 6) is -0.325. The zero-order valence-electron chi connectivity index (χ0n) is 6.59. The SMILES string of the molecule is C=CC(=O)OC(CC)CC. The van der Waals surface area contributed by atoms with Crippen LogP contribution in [-0.4, -0.2) is 12.1 Å². The van der Waals surface area contributed by atoms with Gasteiger partial charge in [0.05, 0.1) is 0 Å². The van der Waals surface area contributed by atoms with Crippen LogP contribution in [-0.2, 0) is 9.53 Å². The summed E-state index contributed by atoms with van der Waals surface area (Å²) < 4.78 is 4.94. The molecule has 0 rings (SSSR count). The van der Waals surface area contributed by atoms with E-state index >= 15 is 0 Å². The van der Waals surface area contributed by atoms with Gasteiger partial charge in [-0.05, 0) is 12.8 Å². The minimum atomic E-state index is -0.325. The van der Waals surface area contributed by atoms with Gasteiger partial charge in [0.1, 0.15) is 6.10 Å². The van der Waals surface area contributed by atoms with E-state index in [9.17, 15) is 4.79 Å². The molecule has 0 bridgehead atoms. The number of carbonyl (C=O) groups excluding carboxylic acids is 1. The molecule has 0 saturated carbocycles. The van der Waals surface area contributed by atoms with Gasteiger partial charge in [-0.3, -0.25) is 0 Å². The maximum atomic E-state index is 10.6. The monoisotopic (exact) mass is 142 g/mol. The smallest absolute Gasteiger partial charge is 0.330 e. The quantitative estimate of drug-likeness (QED) is 0.442.